The van der Waals surface area contributed by atoms with Crippen LogP contribution in [0.5, 0.6) is 0 Å². The molecule has 5 rings (SSSR count). The minimum absolute atomic E-state index is 0.401. The summed E-state index contributed by atoms with van der Waals surface area (Å²) >= 11 is 0. The van der Waals surface area contributed by atoms with Gasteiger partial charge in [0.1, 0.15) is 0 Å². The molecule has 4 heteroatoms. The lowest BCUT2D eigenvalue weighted by Gasteiger charge is -2.57. The van der Waals surface area contributed by atoms with Crippen molar-refractivity contribution in [2.75, 3.05) is 0 Å². The third-order valence-electron chi connectivity index (χ3n) is 9.69. The van der Waals surface area contributed by atoms with Crippen molar-refractivity contribution in [2.24, 2.45) is 40.9 Å². The SMILES string of the molecule is C[C@@H]([C@H]1CC[C@H]2[C@@H]3CC[C@@H]4C[C@](C)(O)CC[C@@H]4[C@H]3CC[C@]12C)n1nccn1. The average molecular weight is 372 g/mol. The van der Waals surface area contributed by atoms with Gasteiger partial charge in [-0.05, 0) is 113 Å². The predicted molar refractivity (Wildman–Crippen MR) is 106 cm³/mol. The Balaban J connectivity index is 1.36. The lowest BCUT2D eigenvalue weighted by molar-refractivity contribution is -0.102. The topological polar surface area (TPSA) is 50.9 Å². The Morgan fingerprint density at radius 3 is 2.44 bits per heavy atom. The second kappa shape index (κ2) is 6.30. The van der Waals surface area contributed by atoms with Crippen LogP contribution in [-0.4, -0.2) is 25.7 Å². The number of hydrogen-bond acceptors (Lipinski definition) is 3. The molecule has 4 aliphatic carbocycles. The molecular formula is C23H37N3O. The third-order valence-corrected chi connectivity index (χ3v) is 9.69. The zero-order valence-electron chi connectivity index (χ0n) is 17.3. The van der Waals surface area contributed by atoms with Crippen LogP contribution >= 0.6 is 0 Å². The summed E-state index contributed by atoms with van der Waals surface area (Å²) in [6.07, 6.45) is 15.3. The van der Waals surface area contributed by atoms with Crippen LogP contribution in [0.15, 0.2) is 12.4 Å². The van der Waals surface area contributed by atoms with Crippen LogP contribution < -0.4 is 0 Å². The summed E-state index contributed by atoms with van der Waals surface area (Å²) in [6, 6.07) is 0.410. The second-order valence-electron chi connectivity index (χ2n) is 11.0. The van der Waals surface area contributed by atoms with Crippen molar-refractivity contribution in [3.8, 4) is 0 Å². The fourth-order valence-corrected chi connectivity index (χ4v) is 8.51. The van der Waals surface area contributed by atoms with E-state index < -0.39 is 5.60 Å². The van der Waals surface area contributed by atoms with Gasteiger partial charge in [0.05, 0.1) is 24.0 Å². The molecule has 9 atom stereocenters. The summed E-state index contributed by atoms with van der Waals surface area (Å²) in [5.74, 6) is 5.12. The Bertz CT molecular complexity index is 671. The Morgan fingerprint density at radius 1 is 0.926 bits per heavy atom. The van der Waals surface area contributed by atoms with Gasteiger partial charge in [-0.3, -0.25) is 0 Å². The highest BCUT2D eigenvalue weighted by Gasteiger charge is 2.58. The molecule has 0 saturated heterocycles. The lowest BCUT2D eigenvalue weighted by atomic mass is 9.49. The van der Waals surface area contributed by atoms with Gasteiger partial charge in [0.2, 0.25) is 0 Å². The molecule has 1 N–H and O–H groups in total. The van der Waals surface area contributed by atoms with Gasteiger partial charge in [0, 0.05) is 0 Å². The summed E-state index contributed by atoms with van der Waals surface area (Å²) in [5.41, 5.74) is 0.0586. The fraction of sp³-hybridized carbons (Fsp3) is 0.913. The normalized spacial score (nSPS) is 50.5. The Hall–Kier alpha value is -0.900. The maximum Gasteiger partial charge on any atom is 0.0721 e. The van der Waals surface area contributed by atoms with Gasteiger partial charge >= 0.3 is 0 Å². The predicted octanol–water partition coefficient (Wildman–Crippen LogP) is 4.86. The van der Waals surface area contributed by atoms with E-state index >= 15 is 0 Å². The fourth-order valence-electron chi connectivity index (χ4n) is 8.51. The number of rotatable bonds is 2. The maximum absolute atomic E-state index is 10.6. The molecule has 4 saturated carbocycles. The Morgan fingerprint density at radius 2 is 1.67 bits per heavy atom. The highest BCUT2D eigenvalue weighted by molar-refractivity contribution is 5.07. The monoisotopic (exact) mass is 371 g/mol. The van der Waals surface area contributed by atoms with Crippen LogP contribution in [0.2, 0.25) is 0 Å². The maximum atomic E-state index is 10.6. The van der Waals surface area contributed by atoms with Crippen LogP contribution in [0.3, 0.4) is 0 Å². The largest absolute Gasteiger partial charge is 0.390 e. The van der Waals surface area contributed by atoms with Gasteiger partial charge in [-0.1, -0.05) is 6.92 Å². The average Bonchev–Trinajstić information content (AvgIpc) is 3.27. The van der Waals surface area contributed by atoms with Crippen LogP contribution in [-0.2, 0) is 0 Å². The first-order valence-corrected chi connectivity index (χ1v) is 11.5. The molecule has 4 aliphatic rings. The highest BCUT2D eigenvalue weighted by Crippen LogP contribution is 2.66. The third kappa shape index (κ3) is 2.81. The first-order valence-electron chi connectivity index (χ1n) is 11.5. The molecule has 1 aromatic heterocycles. The van der Waals surface area contributed by atoms with E-state index in [0.29, 0.717) is 17.4 Å². The zero-order valence-corrected chi connectivity index (χ0v) is 17.3. The summed E-state index contributed by atoms with van der Waals surface area (Å²) in [5, 5.41) is 19.5. The second-order valence-corrected chi connectivity index (χ2v) is 11.0. The molecule has 4 nitrogen and oxygen atoms in total. The highest BCUT2D eigenvalue weighted by atomic mass is 16.3. The van der Waals surface area contributed by atoms with Crippen LogP contribution in [0.4, 0.5) is 0 Å². The standard InChI is InChI=1S/C23H37N3O/c1-15(26-24-12-13-25-26)20-6-7-21-19-5-4-16-14-22(2,27)10-8-17(16)18(19)9-11-23(20,21)3/h12-13,15-21,27H,4-11,14H2,1-3H3/t15-,16+,17-,18+,19+,20+,21-,22+,23+/m0/s1. The van der Waals surface area contributed by atoms with Gasteiger partial charge in [-0.15, -0.1) is 0 Å². The molecule has 0 amide bonds. The molecular weight excluding hydrogens is 334 g/mol. The van der Waals surface area contributed by atoms with E-state index in [0.717, 1.165) is 42.4 Å². The van der Waals surface area contributed by atoms with Crippen molar-refractivity contribution in [1.82, 2.24) is 15.0 Å². The van der Waals surface area contributed by atoms with E-state index in [4.69, 9.17) is 0 Å². The quantitative estimate of drug-likeness (QED) is 0.808. The summed E-state index contributed by atoms with van der Waals surface area (Å²) in [6.45, 7) is 7.01. The van der Waals surface area contributed by atoms with E-state index in [1.54, 1.807) is 0 Å². The van der Waals surface area contributed by atoms with Crippen LogP contribution in [0.25, 0.3) is 0 Å². The van der Waals surface area contributed by atoms with E-state index in [2.05, 4.69) is 31.0 Å². The summed E-state index contributed by atoms with van der Waals surface area (Å²) in [7, 11) is 0. The zero-order chi connectivity index (χ0) is 18.8. The minimum Gasteiger partial charge on any atom is -0.390 e. The van der Waals surface area contributed by atoms with Crippen molar-refractivity contribution in [2.45, 2.75) is 90.2 Å². The molecule has 0 aliphatic heterocycles. The van der Waals surface area contributed by atoms with Gasteiger partial charge in [-0.25, -0.2) is 0 Å². The molecule has 1 aromatic rings. The molecule has 0 unspecified atom stereocenters. The summed E-state index contributed by atoms with van der Waals surface area (Å²) in [4.78, 5) is 1.96. The smallest absolute Gasteiger partial charge is 0.0721 e. The molecule has 27 heavy (non-hydrogen) atoms. The van der Waals surface area contributed by atoms with Gasteiger partial charge in [0.15, 0.2) is 0 Å². The molecule has 0 spiro atoms. The van der Waals surface area contributed by atoms with E-state index in [9.17, 15) is 5.11 Å². The Kier molecular flexibility index (Phi) is 4.24. The van der Waals surface area contributed by atoms with Gasteiger partial charge in [-0.2, -0.15) is 15.0 Å². The minimum atomic E-state index is -0.401. The number of aliphatic hydroxyl groups is 1. The molecule has 0 aromatic carbocycles. The van der Waals surface area contributed by atoms with E-state index in [1.165, 1.54) is 44.9 Å². The van der Waals surface area contributed by atoms with Crippen LogP contribution in [0.1, 0.15) is 84.6 Å². The van der Waals surface area contributed by atoms with E-state index in [-0.39, 0.29) is 0 Å². The number of aromatic nitrogens is 3. The van der Waals surface area contributed by atoms with Crippen molar-refractivity contribution in [1.29, 1.82) is 0 Å². The molecule has 0 radical (unpaired) electrons. The number of nitrogens with zero attached hydrogens (tertiary/aromatic N) is 3. The van der Waals surface area contributed by atoms with Gasteiger partial charge < -0.3 is 5.11 Å². The first kappa shape index (κ1) is 18.1. The lowest BCUT2D eigenvalue weighted by Crippen LogP contribution is -2.51. The van der Waals surface area contributed by atoms with E-state index in [1.807, 2.05) is 17.2 Å². The van der Waals surface area contributed by atoms with Crippen molar-refractivity contribution < 1.29 is 5.11 Å². The van der Waals surface area contributed by atoms with Crippen molar-refractivity contribution >= 4 is 0 Å². The molecule has 1 heterocycles. The summed E-state index contributed by atoms with van der Waals surface area (Å²) < 4.78 is 0. The van der Waals surface area contributed by atoms with Crippen molar-refractivity contribution in [3.05, 3.63) is 12.4 Å². The van der Waals surface area contributed by atoms with Crippen LogP contribution in [0, 0.1) is 40.9 Å². The number of fused-ring (bicyclic) bond motifs is 5. The Labute approximate surface area is 164 Å². The molecule has 150 valence electrons. The first-order chi connectivity index (χ1) is 12.9. The molecule has 0 bridgehead atoms. The van der Waals surface area contributed by atoms with Crippen molar-refractivity contribution in [3.63, 3.8) is 0 Å². The molecule has 4 fully saturated rings. The van der Waals surface area contributed by atoms with Gasteiger partial charge in [0.25, 0.3) is 0 Å². The number of hydrogen-bond donors (Lipinski definition) is 1.